The van der Waals surface area contributed by atoms with Crippen LogP contribution in [0.2, 0.25) is 0 Å². The molecule has 5 rings (SSSR count). The summed E-state index contributed by atoms with van der Waals surface area (Å²) in [5, 5.41) is 6.56. The lowest BCUT2D eigenvalue weighted by Gasteiger charge is -2.23. The summed E-state index contributed by atoms with van der Waals surface area (Å²) in [5.74, 6) is 1.03. The van der Waals surface area contributed by atoms with Crippen molar-refractivity contribution in [1.82, 2.24) is 15.0 Å². The van der Waals surface area contributed by atoms with Gasteiger partial charge in [0.25, 0.3) is 0 Å². The van der Waals surface area contributed by atoms with Crippen molar-refractivity contribution in [3.8, 4) is 11.3 Å². The van der Waals surface area contributed by atoms with Crippen molar-refractivity contribution in [3.63, 3.8) is 0 Å². The first kappa shape index (κ1) is 22.6. The van der Waals surface area contributed by atoms with Gasteiger partial charge < -0.3 is 10.6 Å². The maximum atomic E-state index is 13.4. The number of halogens is 3. The van der Waals surface area contributed by atoms with Crippen molar-refractivity contribution < 1.29 is 13.2 Å². The van der Waals surface area contributed by atoms with Gasteiger partial charge in [0.05, 0.1) is 27.0 Å². The van der Waals surface area contributed by atoms with Gasteiger partial charge in [0, 0.05) is 29.5 Å². The summed E-state index contributed by atoms with van der Waals surface area (Å²) < 4.78 is 41.3. The number of thiazole rings is 1. The molecule has 2 aromatic carbocycles. The lowest BCUT2D eigenvalue weighted by molar-refractivity contribution is -0.137. The van der Waals surface area contributed by atoms with Crippen LogP contribution in [0.3, 0.4) is 0 Å². The van der Waals surface area contributed by atoms with Crippen LogP contribution in [0.15, 0.2) is 54.3 Å². The van der Waals surface area contributed by atoms with Crippen molar-refractivity contribution in [2.75, 3.05) is 17.2 Å². The smallest absolute Gasteiger partial charge is 0.384 e. The van der Waals surface area contributed by atoms with Crippen LogP contribution < -0.4 is 10.6 Å². The third kappa shape index (κ3) is 5.14. The maximum absolute atomic E-state index is 13.4. The molecule has 1 aliphatic carbocycles. The van der Waals surface area contributed by atoms with E-state index in [-0.39, 0.29) is 0 Å². The summed E-state index contributed by atoms with van der Waals surface area (Å²) in [6.45, 7) is 0.652. The number of hydrogen-bond acceptors (Lipinski definition) is 6. The fourth-order valence-electron chi connectivity index (χ4n) is 4.39. The van der Waals surface area contributed by atoms with Crippen molar-refractivity contribution in [2.24, 2.45) is 5.92 Å². The van der Waals surface area contributed by atoms with E-state index in [1.165, 1.54) is 37.7 Å². The summed E-state index contributed by atoms with van der Waals surface area (Å²) >= 11 is 1.55. The zero-order chi connectivity index (χ0) is 23.5. The molecule has 0 bridgehead atoms. The molecule has 5 nitrogen and oxygen atoms in total. The van der Waals surface area contributed by atoms with E-state index in [9.17, 15) is 13.2 Å². The van der Waals surface area contributed by atoms with Gasteiger partial charge in [-0.2, -0.15) is 13.2 Å². The Morgan fingerprint density at radius 3 is 2.62 bits per heavy atom. The molecule has 2 N–H and O–H groups in total. The van der Waals surface area contributed by atoms with Gasteiger partial charge in [-0.25, -0.2) is 15.0 Å². The SMILES string of the molecule is FC(F)(F)c1ccc(-c2cc(Nc3ccc4ncsc4c3)ncn2)c(NCC2CCCCC2)c1. The Hall–Kier alpha value is -3.20. The highest BCUT2D eigenvalue weighted by Gasteiger charge is 2.31. The highest BCUT2D eigenvalue weighted by atomic mass is 32.1. The standard InChI is InChI=1S/C25H24F3N5S/c26-25(27,28)17-6-8-19(21(10-17)29-13-16-4-2-1-3-5-16)22-12-24(31-14-30-22)33-18-7-9-20-23(11-18)34-15-32-20/h6-12,14-16,29H,1-5,13H2,(H,30,31,33). The number of alkyl halides is 3. The summed E-state index contributed by atoms with van der Waals surface area (Å²) in [6.07, 6.45) is 2.81. The van der Waals surface area contributed by atoms with Gasteiger partial charge in [-0.05, 0) is 49.1 Å². The highest BCUT2D eigenvalue weighted by molar-refractivity contribution is 7.16. The lowest BCUT2D eigenvalue weighted by atomic mass is 9.89. The molecule has 0 saturated heterocycles. The number of benzene rings is 2. The molecule has 0 amide bonds. The Bertz CT molecular complexity index is 1280. The minimum atomic E-state index is -4.41. The quantitative estimate of drug-likeness (QED) is 0.297. The molecule has 0 aliphatic heterocycles. The molecular weight excluding hydrogens is 459 g/mol. The van der Waals surface area contributed by atoms with Crippen molar-refractivity contribution in [1.29, 1.82) is 0 Å². The van der Waals surface area contributed by atoms with E-state index in [1.807, 2.05) is 18.2 Å². The van der Waals surface area contributed by atoms with Gasteiger partial charge in [-0.3, -0.25) is 0 Å². The average Bonchev–Trinajstić information content (AvgIpc) is 3.31. The summed E-state index contributed by atoms with van der Waals surface area (Å²) in [4.78, 5) is 12.9. The predicted octanol–water partition coefficient (Wildman–Crippen LogP) is 7.51. The van der Waals surface area contributed by atoms with Gasteiger partial charge >= 0.3 is 6.18 Å². The van der Waals surface area contributed by atoms with Crippen LogP contribution in [0.4, 0.5) is 30.4 Å². The van der Waals surface area contributed by atoms with E-state index < -0.39 is 11.7 Å². The van der Waals surface area contributed by atoms with E-state index in [0.29, 0.717) is 35.2 Å². The number of fused-ring (bicyclic) bond motifs is 1. The van der Waals surface area contributed by atoms with Crippen LogP contribution in [0.25, 0.3) is 21.5 Å². The topological polar surface area (TPSA) is 62.7 Å². The van der Waals surface area contributed by atoms with Crippen molar-refractivity contribution in [3.05, 3.63) is 59.9 Å². The Morgan fingerprint density at radius 1 is 0.941 bits per heavy atom. The summed E-state index contributed by atoms with van der Waals surface area (Å²) in [7, 11) is 0. The fourth-order valence-corrected chi connectivity index (χ4v) is 5.11. The van der Waals surface area contributed by atoms with Crippen molar-refractivity contribution in [2.45, 2.75) is 38.3 Å². The van der Waals surface area contributed by atoms with Crippen LogP contribution in [0, 0.1) is 5.92 Å². The molecule has 0 spiro atoms. The molecule has 2 heterocycles. The molecule has 1 aliphatic rings. The molecule has 4 aromatic rings. The molecule has 1 fully saturated rings. The molecule has 176 valence electrons. The monoisotopic (exact) mass is 483 g/mol. The van der Waals surface area contributed by atoms with E-state index in [4.69, 9.17) is 0 Å². The average molecular weight is 484 g/mol. The number of rotatable bonds is 6. The van der Waals surface area contributed by atoms with Crippen LogP contribution in [0.5, 0.6) is 0 Å². The minimum absolute atomic E-state index is 0.441. The van der Waals surface area contributed by atoms with E-state index >= 15 is 0 Å². The van der Waals surface area contributed by atoms with Gasteiger partial charge in [0.1, 0.15) is 12.1 Å². The van der Waals surface area contributed by atoms with E-state index in [2.05, 4.69) is 25.6 Å². The zero-order valence-corrected chi connectivity index (χ0v) is 19.2. The zero-order valence-electron chi connectivity index (χ0n) is 18.4. The van der Waals surface area contributed by atoms with Crippen LogP contribution in [0.1, 0.15) is 37.7 Å². The van der Waals surface area contributed by atoms with E-state index in [0.717, 1.165) is 34.8 Å². The Balaban J connectivity index is 1.43. The molecule has 9 heteroatoms. The lowest BCUT2D eigenvalue weighted by Crippen LogP contribution is -2.18. The number of anilines is 3. The fraction of sp³-hybridized carbons (Fsp3) is 0.320. The number of nitrogens with one attached hydrogen (secondary N) is 2. The molecule has 0 atom stereocenters. The summed E-state index contributed by atoms with van der Waals surface area (Å²) in [6, 6.07) is 11.4. The normalized spacial score (nSPS) is 14.9. The number of hydrogen-bond donors (Lipinski definition) is 2. The van der Waals surface area contributed by atoms with Gasteiger partial charge in [-0.15, -0.1) is 11.3 Å². The van der Waals surface area contributed by atoms with Gasteiger partial charge in [0.2, 0.25) is 0 Å². The maximum Gasteiger partial charge on any atom is 0.416 e. The summed E-state index contributed by atoms with van der Waals surface area (Å²) in [5.41, 5.74) is 4.51. The van der Waals surface area contributed by atoms with Gasteiger partial charge in [-0.1, -0.05) is 25.3 Å². The van der Waals surface area contributed by atoms with Gasteiger partial charge in [0.15, 0.2) is 0 Å². The van der Waals surface area contributed by atoms with Crippen molar-refractivity contribution >= 4 is 38.7 Å². The molecule has 2 aromatic heterocycles. The third-order valence-electron chi connectivity index (χ3n) is 6.20. The first-order valence-electron chi connectivity index (χ1n) is 11.3. The van der Waals surface area contributed by atoms with Crippen LogP contribution in [-0.4, -0.2) is 21.5 Å². The first-order chi connectivity index (χ1) is 16.5. The van der Waals surface area contributed by atoms with Crippen LogP contribution >= 0.6 is 11.3 Å². The first-order valence-corrected chi connectivity index (χ1v) is 12.2. The number of aromatic nitrogens is 3. The third-order valence-corrected chi connectivity index (χ3v) is 6.99. The molecule has 0 unspecified atom stereocenters. The molecule has 1 saturated carbocycles. The number of nitrogens with zero attached hydrogens (tertiary/aromatic N) is 3. The highest BCUT2D eigenvalue weighted by Crippen LogP contribution is 2.36. The predicted molar refractivity (Wildman–Crippen MR) is 130 cm³/mol. The second-order valence-electron chi connectivity index (χ2n) is 8.59. The van der Waals surface area contributed by atoms with Crippen LogP contribution in [-0.2, 0) is 6.18 Å². The molecule has 0 radical (unpaired) electrons. The minimum Gasteiger partial charge on any atom is -0.384 e. The molecule has 34 heavy (non-hydrogen) atoms. The van der Waals surface area contributed by atoms with E-state index in [1.54, 1.807) is 22.9 Å². The molecular formula is C25H24F3N5S. The second kappa shape index (κ2) is 9.58. The Morgan fingerprint density at radius 2 is 1.79 bits per heavy atom. The Kier molecular flexibility index (Phi) is 6.36. The largest absolute Gasteiger partial charge is 0.416 e. The Labute approximate surface area is 199 Å². The second-order valence-corrected chi connectivity index (χ2v) is 9.48.